The van der Waals surface area contributed by atoms with Crippen LogP contribution < -0.4 is 0 Å². The highest BCUT2D eigenvalue weighted by atomic mass is 32.2. The van der Waals surface area contributed by atoms with Crippen molar-refractivity contribution in [1.82, 2.24) is 20.1 Å². The first-order chi connectivity index (χ1) is 11.3. The minimum Gasteiger partial charge on any atom is -0.348 e. The highest BCUT2D eigenvalue weighted by Crippen LogP contribution is 2.27. The molecule has 0 aliphatic heterocycles. The number of fused-ring (bicyclic) bond motifs is 1. The maximum atomic E-state index is 12.5. The van der Waals surface area contributed by atoms with Crippen molar-refractivity contribution < 1.29 is 13.2 Å². The lowest BCUT2D eigenvalue weighted by Crippen LogP contribution is -2.37. The first-order valence-corrected chi connectivity index (χ1v) is 9.35. The van der Waals surface area contributed by atoms with Crippen molar-refractivity contribution in [2.75, 3.05) is 14.1 Å². The third kappa shape index (κ3) is 2.82. The van der Waals surface area contributed by atoms with Crippen LogP contribution in [0.3, 0.4) is 0 Å². The fourth-order valence-corrected chi connectivity index (χ4v) is 4.08. The van der Waals surface area contributed by atoms with E-state index in [0.717, 1.165) is 24.8 Å². The lowest BCUT2D eigenvalue weighted by atomic mass is 10.1. The molecule has 24 heavy (non-hydrogen) atoms. The molecular weight excluding hydrogens is 328 g/mol. The number of carbonyl (C=O) groups excluding carboxylic acids is 1. The molecule has 128 valence electrons. The molecular formula is C16H20N4O3S. The van der Waals surface area contributed by atoms with Gasteiger partial charge in [-0.15, -0.1) is 0 Å². The Morgan fingerprint density at radius 3 is 2.67 bits per heavy atom. The summed E-state index contributed by atoms with van der Waals surface area (Å²) in [5, 5.41) is 5.00. The van der Waals surface area contributed by atoms with Gasteiger partial charge >= 0.3 is 0 Å². The van der Waals surface area contributed by atoms with Gasteiger partial charge in [-0.1, -0.05) is 12.1 Å². The van der Waals surface area contributed by atoms with E-state index in [1.165, 1.54) is 37.0 Å². The molecule has 1 atom stereocenters. The van der Waals surface area contributed by atoms with Crippen molar-refractivity contribution in [1.29, 1.82) is 0 Å². The van der Waals surface area contributed by atoms with Crippen molar-refractivity contribution in [3.05, 3.63) is 29.3 Å². The number of aryl methyl sites for hydroxylation is 2. The van der Waals surface area contributed by atoms with Crippen molar-refractivity contribution in [3.8, 4) is 11.4 Å². The highest BCUT2D eigenvalue weighted by molar-refractivity contribution is 7.92. The first-order valence-electron chi connectivity index (χ1n) is 7.80. The van der Waals surface area contributed by atoms with Crippen LogP contribution in [0.2, 0.25) is 0 Å². The van der Waals surface area contributed by atoms with E-state index in [-0.39, 0.29) is 5.16 Å². The van der Waals surface area contributed by atoms with Gasteiger partial charge in [0, 0.05) is 19.7 Å². The van der Waals surface area contributed by atoms with E-state index in [4.69, 9.17) is 0 Å². The quantitative estimate of drug-likeness (QED) is 0.896. The normalized spacial score (nSPS) is 15.1. The molecule has 8 heteroatoms. The van der Waals surface area contributed by atoms with Gasteiger partial charge in [0.1, 0.15) is 5.25 Å². The largest absolute Gasteiger partial charge is 0.348 e. The summed E-state index contributed by atoms with van der Waals surface area (Å²) in [6, 6.07) is 5.95. The van der Waals surface area contributed by atoms with Crippen LogP contribution in [0.5, 0.6) is 0 Å². The molecule has 7 nitrogen and oxygen atoms in total. The van der Waals surface area contributed by atoms with Gasteiger partial charge in [0.2, 0.25) is 20.9 Å². The molecule has 3 rings (SSSR count). The lowest BCUT2D eigenvalue weighted by molar-refractivity contribution is -0.127. The van der Waals surface area contributed by atoms with Gasteiger partial charge in [-0.25, -0.2) is 13.5 Å². The Morgan fingerprint density at radius 2 is 1.96 bits per heavy atom. The topological polar surface area (TPSA) is 96.0 Å². The maximum absolute atomic E-state index is 12.5. The van der Waals surface area contributed by atoms with Gasteiger partial charge in [-0.05, 0) is 43.4 Å². The van der Waals surface area contributed by atoms with Crippen LogP contribution in [0, 0.1) is 0 Å². The van der Waals surface area contributed by atoms with Crippen molar-refractivity contribution in [2.45, 2.75) is 36.6 Å². The SMILES string of the molecule is CC(C(=O)N(C)C)S(=O)(=O)c1nc(-c2ccc3c(c2)CCC3)n[nH]1. The van der Waals surface area contributed by atoms with Gasteiger partial charge in [0.15, 0.2) is 5.82 Å². The monoisotopic (exact) mass is 348 g/mol. The van der Waals surface area contributed by atoms with E-state index in [2.05, 4.69) is 15.2 Å². The van der Waals surface area contributed by atoms with Crippen LogP contribution >= 0.6 is 0 Å². The number of carbonyl (C=O) groups is 1. The summed E-state index contributed by atoms with van der Waals surface area (Å²) in [5.74, 6) is -0.168. The number of aromatic amines is 1. The molecule has 1 amide bonds. The zero-order valence-corrected chi connectivity index (χ0v) is 14.7. The second-order valence-corrected chi connectivity index (χ2v) is 8.40. The van der Waals surface area contributed by atoms with Gasteiger partial charge < -0.3 is 4.90 Å². The van der Waals surface area contributed by atoms with E-state index >= 15 is 0 Å². The van der Waals surface area contributed by atoms with E-state index < -0.39 is 21.0 Å². The Labute approximate surface area is 141 Å². The number of H-pyrrole nitrogens is 1. The maximum Gasteiger partial charge on any atom is 0.244 e. The van der Waals surface area contributed by atoms with Crippen LogP contribution in [-0.2, 0) is 27.5 Å². The van der Waals surface area contributed by atoms with Crippen LogP contribution in [0.4, 0.5) is 0 Å². The third-order valence-electron chi connectivity index (χ3n) is 4.35. The standard InChI is InChI=1S/C16H20N4O3S/c1-10(15(21)20(2)3)24(22,23)16-17-14(18-19-16)13-8-7-11-5-4-6-12(11)9-13/h7-10H,4-6H2,1-3H3,(H,17,18,19). The van der Waals surface area contributed by atoms with Crippen LogP contribution in [0.25, 0.3) is 11.4 Å². The fourth-order valence-electron chi connectivity index (χ4n) is 2.88. The Hall–Kier alpha value is -2.22. The number of nitrogens with one attached hydrogen (secondary N) is 1. The number of nitrogens with zero attached hydrogens (tertiary/aromatic N) is 3. The van der Waals surface area contributed by atoms with E-state index in [1.807, 2.05) is 18.2 Å². The average Bonchev–Trinajstić information content (AvgIpc) is 3.21. The van der Waals surface area contributed by atoms with E-state index in [0.29, 0.717) is 5.82 Å². The van der Waals surface area contributed by atoms with Crippen molar-refractivity contribution >= 4 is 15.7 Å². The molecule has 1 aliphatic carbocycles. The molecule has 1 heterocycles. The van der Waals surface area contributed by atoms with E-state index in [9.17, 15) is 13.2 Å². The molecule has 2 aromatic rings. The number of hydrogen-bond donors (Lipinski definition) is 1. The predicted octanol–water partition coefficient (Wildman–Crippen LogP) is 1.21. The molecule has 0 saturated carbocycles. The summed E-state index contributed by atoms with van der Waals surface area (Å²) < 4.78 is 25.1. The smallest absolute Gasteiger partial charge is 0.244 e. The molecule has 1 aliphatic rings. The Balaban J connectivity index is 1.92. The summed E-state index contributed by atoms with van der Waals surface area (Å²) in [7, 11) is -0.865. The van der Waals surface area contributed by atoms with Gasteiger partial charge in [0.05, 0.1) is 0 Å². The third-order valence-corrected chi connectivity index (χ3v) is 6.20. The number of aromatic nitrogens is 3. The van der Waals surface area contributed by atoms with E-state index in [1.54, 1.807) is 0 Å². The molecule has 0 saturated heterocycles. The summed E-state index contributed by atoms with van der Waals surface area (Å²) in [5.41, 5.74) is 3.37. The second-order valence-electron chi connectivity index (χ2n) is 6.22. The van der Waals surface area contributed by atoms with Crippen molar-refractivity contribution in [2.24, 2.45) is 0 Å². The number of amides is 1. The summed E-state index contributed by atoms with van der Waals surface area (Å²) in [4.78, 5) is 17.3. The zero-order valence-electron chi connectivity index (χ0n) is 13.9. The molecule has 1 aromatic heterocycles. The van der Waals surface area contributed by atoms with Gasteiger partial charge in [-0.3, -0.25) is 4.79 Å². The molecule has 0 radical (unpaired) electrons. The van der Waals surface area contributed by atoms with Crippen LogP contribution in [0.1, 0.15) is 24.5 Å². The summed E-state index contributed by atoms with van der Waals surface area (Å²) in [6.07, 6.45) is 3.23. The van der Waals surface area contributed by atoms with Gasteiger partial charge in [-0.2, -0.15) is 10.1 Å². The van der Waals surface area contributed by atoms with Crippen LogP contribution in [0.15, 0.2) is 23.4 Å². The fraction of sp³-hybridized carbons (Fsp3) is 0.438. The molecule has 1 unspecified atom stereocenters. The molecule has 1 N–H and O–H groups in total. The summed E-state index contributed by atoms with van der Waals surface area (Å²) >= 11 is 0. The number of rotatable bonds is 4. The number of sulfone groups is 1. The van der Waals surface area contributed by atoms with Crippen molar-refractivity contribution in [3.63, 3.8) is 0 Å². The second kappa shape index (κ2) is 6.01. The predicted molar refractivity (Wildman–Crippen MR) is 89.2 cm³/mol. The summed E-state index contributed by atoms with van der Waals surface area (Å²) in [6.45, 7) is 1.36. The molecule has 0 spiro atoms. The first kappa shape index (κ1) is 16.6. The minimum atomic E-state index is -3.90. The number of benzene rings is 1. The number of hydrogen-bond acceptors (Lipinski definition) is 5. The minimum absolute atomic E-state index is 0.277. The van der Waals surface area contributed by atoms with Gasteiger partial charge in [0.25, 0.3) is 0 Å². The molecule has 0 bridgehead atoms. The lowest BCUT2D eigenvalue weighted by Gasteiger charge is -2.15. The van der Waals surface area contributed by atoms with Crippen LogP contribution in [-0.4, -0.2) is 53.8 Å². The Bertz CT molecular complexity index is 886. The Morgan fingerprint density at radius 1 is 1.25 bits per heavy atom. The average molecular weight is 348 g/mol. The highest BCUT2D eigenvalue weighted by Gasteiger charge is 2.33. The molecule has 1 aromatic carbocycles. The Kier molecular flexibility index (Phi) is 4.16. The molecule has 0 fully saturated rings. The zero-order chi connectivity index (χ0) is 17.5.